The van der Waals surface area contributed by atoms with Gasteiger partial charge in [0.25, 0.3) is 5.56 Å². The lowest BCUT2D eigenvalue weighted by Crippen LogP contribution is -2.37. The van der Waals surface area contributed by atoms with Gasteiger partial charge in [-0.2, -0.15) is 0 Å². The fraction of sp³-hybridized carbons (Fsp3) is 0.524. The quantitative estimate of drug-likeness (QED) is 0.145. The highest BCUT2D eigenvalue weighted by atomic mass is 32.7. The minimum absolute atomic E-state index is 0.0142. The van der Waals surface area contributed by atoms with Crippen LogP contribution in [-0.2, 0) is 39.2 Å². The van der Waals surface area contributed by atoms with E-state index in [1.54, 1.807) is 6.92 Å². The van der Waals surface area contributed by atoms with Crippen LogP contribution in [0, 0.1) is 6.92 Å². The molecular formula is C21H24FN9O9P2S2. The molecule has 2 unspecified atom stereocenters. The molecule has 1 saturated carbocycles. The monoisotopic (exact) mass is 691 g/mol. The number of halogens is 1. The molecule has 0 aromatic carbocycles. The Morgan fingerprint density at radius 1 is 1.11 bits per heavy atom. The lowest BCUT2D eigenvalue weighted by molar-refractivity contribution is -0.0539. The Morgan fingerprint density at radius 2 is 1.86 bits per heavy atom. The van der Waals surface area contributed by atoms with Crippen molar-refractivity contribution in [2.24, 2.45) is 0 Å². The van der Waals surface area contributed by atoms with Crippen LogP contribution < -0.4 is 11.3 Å². The normalized spacial score (nSPS) is 38.0. The number of thiol groups is 1. The summed E-state index contributed by atoms with van der Waals surface area (Å²) in [6.07, 6.45) is -6.84. The van der Waals surface area contributed by atoms with Crippen LogP contribution >= 0.6 is 25.8 Å². The van der Waals surface area contributed by atoms with Crippen molar-refractivity contribution in [3.05, 3.63) is 35.2 Å². The zero-order chi connectivity index (χ0) is 31.1. The molecule has 5 N–H and O–H groups in total. The van der Waals surface area contributed by atoms with Crippen molar-refractivity contribution in [1.82, 2.24) is 39.0 Å². The van der Waals surface area contributed by atoms with Crippen LogP contribution in [0.25, 0.3) is 22.3 Å². The second-order valence-electron chi connectivity index (χ2n) is 10.4. The van der Waals surface area contributed by atoms with Gasteiger partial charge in [0.05, 0.1) is 31.4 Å². The highest BCUT2D eigenvalue weighted by molar-refractivity contribution is 8.44. The van der Waals surface area contributed by atoms with E-state index in [1.807, 2.05) is 0 Å². The topological polar surface area (TPSA) is 237 Å². The first-order valence-corrected chi connectivity index (χ1v) is 18.3. The van der Waals surface area contributed by atoms with E-state index < -0.39 is 74.6 Å². The predicted octanol–water partition coefficient (Wildman–Crippen LogP) is 0.832. The number of ether oxygens (including phenoxy) is 1. The molecule has 1 aliphatic carbocycles. The smallest absolute Gasteiger partial charge is 0.386 e. The van der Waals surface area contributed by atoms with Gasteiger partial charge in [-0.1, -0.05) is 12.2 Å². The minimum Gasteiger partial charge on any atom is -0.388 e. The molecule has 3 fully saturated rings. The summed E-state index contributed by atoms with van der Waals surface area (Å²) < 4.78 is 60.8. The van der Waals surface area contributed by atoms with Gasteiger partial charge >= 0.3 is 13.5 Å². The first kappa shape index (κ1) is 30.2. The van der Waals surface area contributed by atoms with Crippen LogP contribution in [0.4, 0.5) is 10.2 Å². The first-order valence-electron chi connectivity index (χ1n) is 13.0. The maximum atomic E-state index is 16.1. The Balaban J connectivity index is 1.22. The van der Waals surface area contributed by atoms with Crippen molar-refractivity contribution in [3.63, 3.8) is 0 Å². The number of imidazole rings is 2. The van der Waals surface area contributed by atoms with E-state index in [9.17, 15) is 19.4 Å². The van der Waals surface area contributed by atoms with Crippen molar-refractivity contribution in [2.45, 2.75) is 62.3 Å². The number of hydrogen-bond donors (Lipinski definition) is 5. The van der Waals surface area contributed by atoms with E-state index >= 15 is 4.39 Å². The average Bonchev–Trinajstić information content (AvgIpc) is 3.70. The number of aliphatic hydroxyl groups excluding tert-OH is 1. The number of nitrogens with zero attached hydrogens (tertiary/aromatic N) is 7. The third-order valence-corrected chi connectivity index (χ3v) is 10.8. The van der Waals surface area contributed by atoms with Crippen LogP contribution in [0.3, 0.4) is 0 Å². The maximum absolute atomic E-state index is 16.1. The molecule has 10 atom stereocenters. The van der Waals surface area contributed by atoms with Gasteiger partial charge in [0, 0.05) is 6.42 Å². The number of aromatic nitrogens is 8. The number of H-pyrrole nitrogens is 1. The Bertz CT molecular complexity index is 1930. The molecule has 6 heterocycles. The zero-order valence-electron chi connectivity index (χ0n) is 22.4. The molecule has 4 aromatic rings. The van der Waals surface area contributed by atoms with E-state index in [4.69, 9.17) is 40.4 Å². The van der Waals surface area contributed by atoms with Gasteiger partial charge < -0.3 is 34.5 Å². The number of anilines is 1. The van der Waals surface area contributed by atoms with Gasteiger partial charge in [-0.3, -0.25) is 22.9 Å². The molecule has 236 valence electrons. The van der Waals surface area contributed by atoms with Gasteiger partial charge in [0.15, 0.2) is 35.0 Å². The van der Waals surface area contributed by atoms with Crippen LogP contribution in [0.15, 0.2) is 23.8 Å². The molecule has 23 heteroatoms. The van der Waals surface area contributed by atoms with Crippen molar-refractivity contribution in [3.8, 4) is 0 Å². The van der Waals surface area contributed by atoms with E-state index in [2.05, 4.69) is 42.2 Å². The van der Waals surface area contributed by atoms with Crippen LogP contribution in [0.2, 0.25) is 0 Å². The number of aryl methyl sites for hydroxylation is 1. The molecule has 44 heavy (non-hydrogen) atoms. The van der Waals surface area contributed by atoms with Crippen molar-refractivity contribution in [2.75, 3.05) is 12.3 Å². The average molecular weight is 692 g/mol. The number of nitrogens with one attached hydrogen (secondary N) is 1. The van der Waals surface area contributed by atoms with Gasteiger partial charge in [0.1, 0.15) is 42.1 Å². The second-order valence-corrected chi connectivity index (χ2v) is 16.0. The lowest BCUT2D eigenvalue weighted by atomic mass is 10.1. The molecule has 2 saturated heterocycles. The largest absolute Gasteiger partial charge is 0.388 e. The van der Waals surface area contributed by atoms with Crippen LogP contribution in [0.1, 0.15) is 24.5 Å². The predicted molar refractivity (Wildman–Crippen MR) is 155 cm³/mol. The fourth-order valence-electron chi connectivity index (χ4n) is 5.68. The summed E-state index contributed by atoms with van der Waals surface area (Å²) in [5.74, 6) is 0.362. The number of aromatic amines is 1. The number of hydrogen-bond acceptors (Lipinski definition) is 15. The Hall–Kier alpha value is -2.42. The molecule has 0 spiro atoms. The summed E-state index contributed by atoms with van der Waals surface area (Å²) in [5.41, 5.74) is 5.90. The van der Waals surface area contributed by atoms with Gasteiger partial charge in [-0.15, -0.1) is 0 Å². The maximum Gasteiger partial charge on any atom is 0.386 e. The van der Waals surface area contributed by atoms with Crippen LogP contribution in [0.5, 0.6) is 0 Å². The highest BCUT2D eigenvalue weighted by Crippen LogP contribution is 2.60. The number of nitrogen functional groups attached to an aromatic ring is 1. The summed E-state index contributed by atoms with van der Waals surface area (Å²) in [4.78, 5) is 46.6. The first-order chi connectivity index (χ1) is 20.8. The number of rotatable bonds is 2. The SMILES string of the molecule is Cc1nc2c(ncn2[C@@H]2C[C@@H]3OP(O)(=S)O[C@H]4[C@@H](F)[C@H](n5cnc6c(N)ncnc65)O[C@@H]4COP(=O)(S)O[C@@H]2[C@@H]3O)c(=O)[nH]1. The zero-order valence-corrected chi connectivity index (χ0v) is 25.9. The molecule has 4 aromatic heterocycles. The number of aliphatic hydroxyl groups is 1. The molecule has 0 radical (unpaired) electrons. The number of fused-ring (bicyclic) bond motifs is 5. The molecule has 7 rings (SSSR count). The minimum atomic E-state index is -4.30. The second kappa shape index (κ2) is 10.8. The molecule has 3 aliphatic rings. The van der Waals surface area contributed by atoms with E-state index in [0.717, 1.165) is 0 Å². The summed E-state index contributed by atoms with van der Waals surface area (Å²) in [7, 11) is 0. The van der Waals surface area contributed by atoms with E-state index in [1.165, 1.54) is 28.1 Å². The van der Waals surface area contributed by atoms with E-state index in [-0.39, 0.29) is 34.6 Å². The van der Waals surface area contributed by atoms with E-state index in [0.29, 0.717) is 5.82 Å². The molecular weight excluding hydrogens is 667 g/mol. The van der Waals surface area contributed by atoms with Crippen LogP contribution in [-0.4, -0.2) is 92.3 Å². The highest BCUT2D eigenvalue weighted by Gasteiger charge is 2.54. The Morgan fingerprint density at radius 3 is 2.66 bits per heavy atom. The summed E-state index contributed by atoms with van der Waals surface area (Å²) in [6, 6.07) is -0.897. The third kappa shape index (κ3) is 5.19. The number of alkyl halides is 1. The molecule has 2 bridgehead atoms. The van der Waals surface area contributed by atoms with Gasteiger partial charge in [-0.05, 0) is 18.7 Å². The van der Waals surface area contributed by atoms with Crippen molar-refractivity contribution in [1.29, 1.82) is 0 Å². The summed E-state index contributed by atoms with van der Waals surface area (Å²) >= 11 is 9.34. The van der Waals surface area contributed by atoms with Gasteiger partial charge in [-0.25, -0.2) is 33.9 Å². The molecule has 18 nitrogen and oxygen atoms in total. The van der Waals surface area contributed by atoms with Crippen molar-refractivity contribution >= 4 is 65.7 Å². The fourth-order valence-corrected chi connectivity index (χ4v) is 8.96. The molecule has 2 aliphatic heterocycles. The van der Waals surface area contributed by atoms with Gasteiger partial charge in [0.2, 0.25) is 0 Å². The Labute approximate surface area is 256 Å². The summed E-state index contributed by atoms with van der Waals surface area (Å²) in [5, 5.41) is 11.2. The third-order valence-electron chi connectivity index (χ3n) is 7.59. The molecule has 0 amide bonds. The Kier molecular flexibility index (Phi) is 7.45. The summed E-state index contributed by atoms with van der Waals surface area (Å²) in [6.45, 7) is -7.62. The van der Waals surface area contributed by atoms with Crippen molar-refractivity contribution < 1.29 is 41.8 Å². The number of nitrogens with two attached hydrogens (primary N) is 1. The lowest BCUT2D eigenvalue weighted by Gasteiger charge is -2.30. The standard InChI is InChI=1S/C21H24FN9O9P2S2/c1-7-28-19-13(20(33)29-7)27-5-30(19)8-2-9-14(32)15(8)39-41(34,43)36-3-10-16(40-42(35,44)38-9)11(22)21(37-10)31-6-26-12-17(23)24-4-25-18(12)31/h4-6,8-11,14-16,21,32H,2-3H2,1H3,(H,34,43)(H,35,44)(H2,23,24,25)(H,28,29,33)/t8-,9+,10-,11-,14-,15+,16-,21-,41?,42?/m1/s1.